The molecule has 5 nitrogen and oxygen atoms in total. The molecule has 0 radical (unpaired) electrons. The van der Waals surface area contributed by atoms with E-state index in [4.69, 9.17) is 19.9 Å². The third-order valence-corrected chi connectivity index (χ3v) is 8.32. The summed E-state index contributed by atoms with van der Waals surface area (Å²) in [5.41, 5.74) is 8.28. The van der Waals surface area contributed by atoms with Gasteiger partial charge >= 0.3 is 0 Å². The summed E-state index contributed by atoms with van der Waals surface area (Å²) in [4.78, 5) is 25.0. The van der Waals surface area contributed by atoms with Crippen LogP contribution in [0.5, 0.6) is 0 Å². The predicted octanol–water partition coefficient (Wildman–Crippen LogP) is 9.43. The second-order valence-electron chi connectivity index (χ2n) is 10.9. The summed E-state index contributed by atoms with van der Waals surface area (Å²) in [5, 5.41) is 6.39. The van der Waals surface area contributed by atoms with Crippen molar-refractivity contribution in [2.75, 3.05) is 0 Å². The lowest BCUT2D eigenvalue weighted by molar-refractivity contribution is 1.23. The maximum Gasteiger partial charge on any atom is 0.161 e. The van der Waals surface area contributed by atoms with Crippen LogP contribution < -0.4 is 0 Å². The van der Waals surface area contributed by atoms with E-state index in [0.717, 1.165) is 82.5 Å². The van der Waals surface area contributed by atoms with Gasteiger partial charge in [-0.1, -0.05) is 91.0 Å². The Bertz CT molecular complexity index is 2570. The van der Waals surface area contributed by atoms with Gasteiger partial charge < -0.3 is 0 Å². The summed E-state index contributed by atoms with van der Waals surface area (Å²) in [7, 11) is 0. The lowest BCUT2D eigenvalue weighted by atomic mass is 9.97. The van der Waals surface area contributed by atoms with E-state index in [2.05, 4.69) is 108 Å². The Morgan fingerprint density at radius 2 is 1.09 bits per heavy atom. The van der Waals surface area contributed by atoms with Gasteiger partial charge in [-0.15, -0.1) is 0 Å². The van der Waals surface area contributed by atoms with E-state index in [1.807, 2.05) is 36.7 Å². The molecule has 0 spiro atoms. The second kappa shape index (κ2) is 9.75. The average molecular weight is 562 g/mol. The zero-order valence-corrected chi connectivity index (χ0v) is 23.5. The summed E-state index contributed by atoms with van der Waals surface area (Å²) in [6.45, 7) is 0. The molecule has 5 aromatic carbocycles. The third-order valence-electron chi connectivity index (χ3n) is 8.32. The fourth-order valence-corrected chi connectivity index (χ4v) is 6.23. The summed E-state index contributed by atoms with van der Waals surface area (Å²) in [6.07, 6.45) is 3.66. The fourth-order valence-electron chi connectivity index (χ4n) is 6.23. The molecule has 5 heteroatoms. The highest BCUT2D eigenvalue weighted by molar-refractivity contribution is 6.06. The van der Waals surface area contributed by atoms with Gasteiger partial charge in [-0.25, -0.2) is 15.0 Å². The fraction of sp³-hybridized carbons (Fsp3) is 0. The Morgan fingerprint density at radius 1 is 0.409 bits per heavy atom. The van der Waals surface area contributed by atoms with Crippen molar-refractivity contribution in [3.05, 3.63) is 140 Å². The summed E-state index contributed by atoms with van der Waals surface area (Å²) < 4.78 is 0. The molecule has 0 aliphatic carbocycles. The lowest BCUT2D eigenvalue weighted by Crippen LogP contribution is -1.97. The van der Waals surface area contributed by atoms with Crippen LogP contribution in [0.3, 0.4) is 0 Å². The van der Waals surface area contributed by atoms with Gasteiger partial charge in [0, 0.05) is 50.6 Å². The molecule has 0 aliphatic heterocycles. The number of fused-ring (bicyclic) bond motifs is 6. The zero-order chi connectivity index (χ0) is 29.0. The van der Waals surface area contributed by atoms with Gasteiger partial charge in [0.25, 0.3) is 0 Å². The molecule has 0 N–H and O–H groups in total. The molecule has 4 aromatic heterocycles. The lowest BCUT2D eigenvalue weighted by Gasteiger charge is -2.14. The number of rotatable bonds is 3. The molecule has 0 atom stereocenters. The normalized spacial score (nSPS) is 11.6. The highest BCUT2D eigenvalue weighted by atomic mass is 14.9. The Kier molecular flexibility index (Phi) is 5.43. The molecule has 0 aliphatic rings. The van der Waals surface area contributed by atoms with E-state index in [0.29, 0.717) is 5.82 Å². The Balaban J connectivity index is 1.31. The van der Waals surface area contributed by atoms with Crippen molar-refractivity contribution < 1.29 is 0 Å². The average Bonchev–Trinajstić information content (AvgIpc) is 3.10. The van der Waals surface area contributed by atoms with Crippen molar-refractivity contribution in [2.24, 2.45) is 0 Å². The molecular formula is C39H23N5. The maximum atomic E-state index is 5.29. The van der Waals surface area contributed by atoms with E-state index >= 15 is 0 Å². The number of hydrogen-bond acceptors (Lipinski definition) is 5. The van der Waals surface area contributed by atoms with Gasteiger partial charge in [0.1, 0.15) is 0 Å². The Morgan fingerprint density at radius 3 is 1.98 bits per heavy atom. The van der Waals surface area contributed by atoms with E-state index in [1.54, 1.807) is 0 Å². The summed E-state index contributed by atoms with van der Waals surface area (Å²) in [6, 6.07) is 43.7. The number of nitrogens with zero attached hydrogens (tertiary/aromatic N) is 5. The van der Waals surface area contributed by atoms with Crippen LogP contribution in [0.25, 0.3) is 88.3 Å². The number of para-hydroxylation sites is 2. The van der Waals surface area contributed by atoms with Gasteiger partial charge in [-0.3, -0.25) is 9.97 Å². The van der Waals surface area contributed by atoms with Crippen molar-refractivity contribution >= 4 is 54.4 Å². The minimum absolute atomic E-state index is 0.664. The first kappa shape index (κ1) is 24.5. The van der Waals surface area contributed by atoms with Crippen LogP contribution in [0.15, 0.2) is 140 Å². The minimum Gasteiger partial charge on any atom is -0.256 e. The Hall–Kier alpha value is -6.07. The number of hydrogen-bond donors (Lipinski definition) is 0. The van der Waals surface area contributed by atoms with Crippen LogP contribution in [0, 0.1) is 0 Å². The van der Waals surface area contributed by atoms with Gasteiger partial charge in [0.15, 0.2) is 5.82 Å². The van der Waals surface area contributed by atoms with Gasteiger partial charge in [0.05, 0.1) is 33.5 Å². The molecular weight excluding hydrogens is 538 g/mol. The molecule has 0 saturated carbocycles. The molecule has 0 unspecified atom stereocenters. The van der Waals surface area contributed by atoms with Crippen molar-refractivity contribution in [2.45, 2.75) is 0 Å². The number of benzene rings is 5. The first-order chi connectivity index (χ1) is 21.8. The molecule has 204 valence electrons. The van der Waals surface area contributed by atoms with E-state index < -0.39 is 0 Å². The smallest absolute Gasteiger partial charge is 0.161 e. The van der Waals surface area contributed by atoms with E-state index in [1.165, 1.54) is 0 Å². The summed E-state index contributed by atoms with van der Waals surface area (Å²) >= 11 is 0. The molecule has 0 bridgehead atoms. The molecule has 9 aromatic rings. The Labute approximate surface area is 252 Å². The van der Waals surface area contributed by atoms with Crippen LogP contribution in [0.1, 0.15) is 0 Å². The van der Waals surface area contributed by atoms with Crippen LogP contribution in [0.2, 0.25) is 0 Å². The maximum absolute atomic E-state index is 5.29. The predicted molar refractivity (Wildman–Crippen MR) is 179 cm³/mol. The van der Waals surface area contributed by atoms with Crippen LogP contribution in [-0.2, 0) is 0 Å². The van der Waals surface area contributed by atoms with Crippen LogP contribution >= 0.6 is 0 Å². The third kappa shape index (κ3) is 3.91. The molecule has 44 heavy (non-hydrogen) atoms. The highest BCUT2D eigenvalue weighted by Crippen LogP contribution is 2.37. The standard InChI is InChI=1S/C39H23N5/c1-2-12-29-27(8-1)22-28(33-19-18-26-17-16-25-11-7-21-41-36(25)37(26)42-33)23-32(29)39-43-34-15-4-3-13-30(34)38(44-39)31-14-5-9-24-10-6-20-40-35(24)31/h1-23H. The van der Waals surface area contributed by atoms with Crippen molar-refractivity contribution in [1.29, 1.82) is 0 Å². The first-order valence-electron chi connectivity index (χ1n) is 14.6. The molecule has 0 fully saturated rings. The zero-order valence-electron chi connectivity index (χ0n) is 23.5. The molecule has 4 heterocycles. The SMILES string of the molecule is c1ccc2c(-c3nc(-c4cccc5cccnc45)c4ccccc4n3)cc(-c3ccc4ccc5cccnc5c4n3)cc2c1. The van der Waals surface area contributed by atoms with Crippen molar-refractivity contribution in [3.63, 3.8) is 0 Å². The van der Waals surface area contributed by atoms with E-state index in [-0.39, 0.29) is 0 Å². The topological polar surface area (TPSA) is 64.5 Å². The van der Waals surface area contributed by atoms with Crippen molar-refractivity contribution in [1.82, 2.24) is 24.9 Å². The second-order valence-corrected chi connectivity index (χ2v) is 10.9. The molecule has 0 amide bonds. The number of pyridine rings is 3. The minimum atomic E-state index is 0.664. The van der Waals surface area contributed by atoms with Crippen molar-refractivity contribution in [3.8, 4) is 33.9 Å². The van der Waals surface area contributed by atoms with Gasteiger partial charge in [0.2, 0.25) is 0 Å². The largest absolute Gasteiger partial charge is 0.256 e. The summed E-state index contributed by atoms with van der Waals surface area (Å²) in [5.74, 6) is 0.664. The highest BCUT2D eigenvalue weighted by Gasteiger charge is 2.17. The quantitative estimate of drug-likeness (QED) is 0.201. The van der Waals surface area contributed by atoms with E-state index in [9.17, 15) is 0 Å². The van der Waals surface area contributed by atoms with Gasteiger partial charge in [-0.05, 0) is 47.2 Å². The monoisotopic (exact) mass is 561 g/mol. The molecule has 9 rings (SSSR count). The van der Waals surface area contributed by atoms with Crippen LogP contribution in [0.4, 0.5) is 0 Å². The molecule has 0 saturated heterocycles. The number of aromatic nitrogens is 5. The first-order valence-corrected chi connectivity index (χ1v) is 14.6. The van der Waals surface area contributed by atoms with Crippen LogP contribution in [-0.4, -0.2) is 24.9 Å². The van der Waals surface area contributed by atoms with Gasteiger partial charge in [-0.2, -0.15) is 0 Å².